The van der Waals surface area contributed by atoms with Gasteiger partial charge in [-0.05, 0) is 13.0 Å². The molecule has 0 saturated carbocycles. The van der Waals surface area contributed by atoms with Crippen LogP contribution in [0.25, 0.3) is 0 Å². The van der Waals surface area contributed by atoms with Gasteiger partial charge in [0.1, 0.15) is 0 Å². The molecule has 1 saturated heterocycles. The maximum absolute atomic E-state index is 11.3. The van der Waals surface area contributed by atoms with Gasteiger partial charge in [0.25, 0.3) is 0 Å². The summed E-state index contributed by atoms with van der Waals surface area (Å²) in [6, 6.07) is 0. The Labute approximate surface area is 117 Å². The Balaban J connectivity index is 0.00000154. The van der Waals surface area contributed by atoms with E-state index in [2.05, 4.69) is 37.6 Å². The molecule has 1 rings (SSSR count). The first-order chi connectivity index (χ1) is 8.95. The number of rotatable bonds is 4. The van der Waals surface area contributed by atoms with Crippen LogP contribution in [0.2, 0.25) is 0 Å². The van der Waals surface area contributed by atoms with Crippen molar-refractivity contribution in [2.75, 3.05) is 0 Å². The average Bonchev–Trinajstić information content (AvgIpc) is 2.59. The van der Waals surface area contributed by atoms with Gasteiger partial charge in [0, 0.05) is 9.81 Å². The summed E-state index contributed by atoms with van der Waals surface area (Å²) < 4.78 is 4.41. The molecule has 19 heavy (non-hydrogen) atoms. The van der Waals surface area contributed by atoms with Crippen LogP contribution in [0.1, 0.15) is 6.92 Å². The van der Waals surface area contributed by atoms with Crippen LogP contribution in [0.3, 0.4) is 0 Å². The zero-order valence-corrected chi connectivity index (χ0v) is 11.7. The van der Waals surface area contributed by atoms with Crippen LogP contribution in [0.5, 0.6) is 0 Å². The molecule has 1 aliphatic heterocycles. The predicted octanol–water partition coefficient (Wildman–Crippen LogP) is 3.69. The third-order valence-electron chi connectivity index (χ3n) is 1.90. The van der Waals surface area contributed by atoms with Crippen LogP contribution in [0.15, 0.2) is 72.1 Å². The second-order valence-corrected chi connectivity index (χ2v) is 4.50. The molecule has 0 aliphatic carbocycles. The van der Waals surface area contributed by atoms with Crippen molar-refractivity contribution < 1.29 is 14.3 Å². The van der Waals surface area contributed by atoms with Crippen molar-refractivity contribution in [3.63, 3.8) is 0 Å². The lowest BCUT2D eigenvalue weighted by atomic mass is 10.1. The number of hydrogen-bond donors (Lipinski definition) is 0. The highest BCUT2D eigenvalue weighted by Gasteiger charge is 2.31. The van der Waals surface area contributed by atoms with Crippen molar-refractivity contribution in [1.82, 2.24) is 0 Å². The number of hydrogen-bond acceptors (Lipinski definition) is 4. The maximum atomic E-state index is 11.3. The summed E-state index contributed by atoms with van der Waals surface area (Å²) in [5.41, 5.74) is 0.217. The van der Waals surface area contributed by atoms with Gasteiger partial charge in [-0.25, -0.2) is 9.59 Å². The van der Waals surface area contributed by atoms with Gasteiger partial charge in [-0.1, -0.05) is 43.7 Å². The second-order valence-electron chi connectivity index (χ2n) is 3.25. The van der Waals surface area contributed by atoms with Crippen molar-refractivity contribution in [3.8, 4) is 0 Å². The number of esters is 2. The monoisotopic (exact) mass is 276 g/mol. The van der Waals surface area contributed by atoms with Gasteiger partial charge in [-0.3, -0.25) is 0 Å². The van der Waals surface area contributed by atoms with E-state index in [9.17, 15) is 9.59 Å². The van der Waals surface area contributed by atoms with Gasteiger partial charge >= 0.3 is 11.9 Å². The van der Waals surface area contributed by atoms with Crippen molar-refractivity contribution in [2.24, 2.45) is 0 Å². The Morgan fingerprint density at radius 3 is 2.16 bits per heavy atom. The fourth-order valence-corrected chi connectivity index (χ4v) is 1.88. The Hall–Kier alpha value is -2.07. The summed E-state index contributed by atoms with van der Waals surface area (Å²) in [4.78, 5) is 23.7. The van der Waals surface area contributed by atoms with E-state index in [1.54, 1.807) is 0 Å². The van der Waals surface area contributed by atoms with Crippen LogP contribution in [0.4, 0.5) is 0 Å². The van der Waals surface area contributed by atoms with E-state index in [-0.39, 0.29) is 11.1 Å². The molecule has 0 aromatic heterocycles. The molecule has 0 N–H and O–H groups in total. The number of ether oxygens (including phenoxy) is 1. The highest BCUT2D eigenvalue weighted by Crippen LogP contribution is 2.29. The lowest BCUT2D eigenvalue weighted by molar-refractivity contribution is -0.149. The fourth-order valence-electron chi connectivity index (χ4n) is 1.16. The molecule has 100 valence electrons. The average molecular weight is 276 g/mol. The molecule has 0 aromatic rings. The van der Waals surface area contributed by atoms with Crippen LogP contribution in [-0.2, 0) is 14.3 Å². The molecule has 1 fully saturated rings. The maximum Gasteiger partial charge on any atom is 0.346 e. The topological polar surface area (TPSA) is 43.4 Å². The number of carbonyl (C=O) groups excluding carboxylic acids is 2. The molecule has 0 radical (unpaired) electrons. The van der Waals surface area contributed by atoms with Crippen LogP contribution >= 0.6 is 11.8 Å². The van der Waals surface area contributed by atoms with Gasteiger partial charge < -0.3 is 4.74 Å². The number of cyclic esters (lactones) is 2. The summed E-state index contributed by atoms with van der Waals surface area (Å²) in [5.74, 6) is -1.38. The van der Waals surface area contributed by atoms with Crippen LogP contribution in [0, 0.1) is 0 Å². The molecular formula is C15H16O3S. The molecule has 3 nitrogen and oxygen atoms in total. The minimum Gasteiger partial charge on any atom is -0.386 e. The van der Waals surface area contributed by atoms with Gasteiger partial charge in [0.05, 0.1) is 11.1 Å². The normalized spacial score (nSPS) is 16.3. The van der Waals surface area contributed by atoms with E-state index < -0.39 is 11.9 Å². The predicted molar refractivity (Wildman–Crippen MR) is 80.3 cm³/mol. The van der Waals surface area contributed by atoms with E-state index in [1.165, 1.54) is 17.8 Å². The minimum absolute atomic E-state index is 0.0633. The lowest BCUT2D eigenvalue weighted by Gasteiger charge is -2.00. The molecule has 1 heterocycles. The first kappa shape index (κ1) is 16.9. The van der Waals surface area contributed by atoms with Crippen molar-refractivity contribution in [2.45, 2.75) is 6.92 Å². The number of thioether (sulfide) groups is 1. The molecular weight excluding hydrogens is 260 g/mol. The Morgan fingerprint density at radius 2 is 1.74 bits per heavy atom. The molecule has 0 spiro atoms. The molecule has 0 aromatic carbocycles. The smallest absolute Gasteiger partial charge is 0.346 e. The van der Waals surface area contributed by atoms with Crippen LogP contribution in [-0.4, -0.2) is 11.9 Å². The second kappa shape index (κ2) is 8.11. The summed E-state index contributed by atoms with van der Waals surface area (Å²) in [5, 5.41) is 0. The summed E-state index contributed by atoms with van der Waals surface area (Å²) >= 11 is 1.30. The first-order valence-electron chi connectivity index (χ1n) is 5.31. The Morgan fingerprint density at radius 1 is 1.16 bits per heavy atom. The third-order valence-corrected chi connectivity index (χ3v) is 2.68. The molecule has 0 bridgehead atoms. The third kappa shape index (κ3) is 4.97. The van der Waals surface area contributed by atoms with E-state index in [0.717, 1.165) is 4.91 Å². The van der Waals surface area contributed by atoms with Gasteiger partial charge in [0.15, 0.2) is 0 Å². The van der Waals surface area contributed by atoms with Crippen molar-refractivity contribution in [1.29, 1.82) is 0 Å². The first-order valence-corrected chi connectivity index (χ1v) is 6.13. The largest absolute Gasteiger partial charge is 0.386 e. The number of carbonyl (C=O) groups is 2. The van der Waals surface area contributed by atoms with Crippen molar-refractivity contribution >= 4 is 23.7 Å². The summed E-state index contributed by atoms with van der Waals surface area (Å²) in [6.07, 6.45) is 5.15. The zero-order chi connectivity index (χ0) is 15.0. The van der Waals surface area contributed by atoms with Gasteiger partial charge in [0.2, 0.25) is 0 Å². The van der Waals surface area contributed by atoms with Crippen LogP contribution < -0.4 is 0 Å². The lowest BCUT2D eigenvalue weighted by Crippen LogP contribution is -1.97. The van der Waals surface area contributed by atoms with E-state index in [1.807, 2.05) is 19.1 Å². The quantitative estimate of drug-likeness (QED) is 0.258. The highest BCUT2D eigenvalue weighted by molar-refractivity contribution is 8.07. The van der Waals surface area contributed by atoms with E-state index >= 15 is 0 Å². The zero-order valence-electron chi connectivity index (χ0n) is 10.9. The summed E-state index contributed by atoms with van der Waals surface area (Å²) in [7, 11) is 0. The summed E-state index contributed by atoms with van der Waals surface area (Å²) in [6.45, 7) is 18.9. The van der Waals surface area contributed by atoms with E-state index in [4.69, 9.17) is 0 Å². The SMILES string of the molecule is C=C.C=C(/C=C\C)SC(=C)/C=C1\C(=C)C(=O)OC1=O. The van der Waals surface area contributed by atoms with E-state index in [0.29, 0.717) is 4.91 Å². The molecule has 0 atom stereocenters. The molecule has 1 aliphatic rings. The van der Waals surface area contributed by atoms with Gasteiger partial charge in [-0.15, -0.1) is 13.2 Å². The Kier molecular flexibility index (Phi) is 7.22. The Bertz CT molecular complexity index is 496. The molecule has 0 amide bonds. The van der Waals surface area contributed by atoms with Gasteiger partial charge in [-0.2, -0.15) is 0 Å². The standard InChI is InChI=1S/C13H12O3S.C2H4/c1-5-6-8(2)17-9(3)7-11-10(4)12(14)16-13(11)15;1-2/h5-7H,2-4H2,1H3;1-2H2/b6-5-,11-7+;. The minimum atomic E-state index is -0.702. The molecule has 0 unspecified atom stereocenters. The highest BCUT2D eigenvalue weighted by atomic mass is 32.2. The fraction of sp³-hybridized carbons (Fsp3) is 0.0667. The van der Waals surface area contributed by atoms with Crippen molar-refractivity contribution in [3.05, 3.63) is 72.1 Å². The number of allylic oxidation sites excluding steroid dienone is 3. The molecule has 4 heteroatoms.